The summed E-state index contributed by atoms with van der Waals surface area (Å²) in [5.74, 6) is -0.876. The first-order valence-corrected chi connectivity index (χ1v) is 13.4. The van der Waals surface area contributed by atoms with Crippen molar-refractivity contribution in [1.82, 2.24) is 23.9 Å². The molecule has 0 aliphatic carbocycles. The molecule has 0 spiro atoms. The van der Waals surface area contributed by atoms with E-state index >= 15 is 0 Å². The van der Waals surface area contributed by atoms with Gasteiger partial charge in [0.2, 0.25) is 5.91 Å². The number of amides is 2. The number of hydrogen-bond donors (Lipinski definition) is 2. The largest absolute Gasteiger partial charge is 0.366 e. The lowest BCUT2D eigenvalue weighted by atomic mass is 10.00. The molecule has 10 heteroatoms. The second kappa shape index (κ2) is 10.7. The number of nitrogens with two attached hydrogens (primary N) is 1. The Morgan fingerprint density at radius 1 is 0.929 bits per heavy atom. The maximum Gasteiger partial charge on any atom is 0.350 e. The van der Waals surface area contributed by atoms with E-state index in [4.69, 9.17) is 5.73 Å². The van der Waals surface area contributed by atoms with Crippen molar-refractivity contribution in [2.75, 3.05) is 5.32 Å². The summed E-state index contributed by atoms with van der Waals surface area (Å²) in [4.78, 5) is 42.5. The number of carbonyl (C=O) groups is 2. The number of para-hydroxylation sites is 1. The van der Waals surface area contributed by atoms with Crippen LogP contribution in [0.4, 0.5) is 5.69 Å². The van der Waals surface area contributed by atoms with Gasteiger partial charge >= 0.3 is 5.69 Å². The van der Waals surface area contributed by atoms with Crippen molar-refractivity contribution < 1.29 is 9.59 Å². The molecule has 0 aliphatic heterocycles. The van der Waals surface area contributed by atoms with Gasteiger partial charge in [-0.05, 0) is 61.5 Å². The Morgan fingerprint density at radius 3 is 2.48 bits per heavy atom. The van der Waals surface area contributed by atoms with Gasteiger partial charge < -0.3 is 15.6 Å². The van der Waals surface area contributed by atoms with Crippen LogP contribution in [0, 0.1) is 0 Å². The van der Waals surface area contributed by atoms with Crippen molar-refractivity contribution in [3.05, 3.63) is 119 Å². The zero-order valence-electron chi connectivity index (χ0n) is 23.0. The number of primary amides is 1. The maximum absolute atomic E-state index is 13.6. The number of fused-ring (bicyclic) bond motifs is 1. The van der Waals surface area contributed by atoms with Crippen molar-refractivity contribution in [3.8, 4) is 28.2 Å². The standard InChI is InChI=1S/C32H27N7O3/c1-3-38-28(17-20-8-7-11-25(29(20)38)31(41)36-22-10-6-9-21(16-22)30(33)40)24-14-13-23(39-19-35-37(2)32(39)42)18-26(24)27-12-4-5-15-34-27/h4-19H,3H2,1-2H3,(H2,33,40)(H,36,41). The molecule has 0 atom stereocenters. The number of pyridine rings is 1. The van der Waals surface area contributed by atoms with E-state index in [0.717, 1.165) is 33.4 Å². The van der Waals surface area contributed by atoms with Gasteiger partial charge in [0.1, 0.15) is 6.33 Å². The molecule has 2 amide bonds. The van der Waals surface area contributed by atoms with Crippen LogP contribution in [-0.4, -0.2) is 35.7 Å². The minimum Gasteiger partial charge on any atom is -0.366 e. The van der Waals surface area contributed by atoms with Crippen LogP contribution < -0.4 is 16.7 Å². The lowest BCUT2D eigenvalue weighted by Crippen LogP contribution is -2.21. The molecule has 42 heavy (non-hydrogen) atoms. The highest BCUT2D eigenvalue weighted by Gasteiger charge is 2.20. The Balaban J connectivity index is 1.50. The van der Waals surface area contributed by atoms with E-state index < -0.39 is 5.91 Å². The third-order valence-corrected chi connectivity index (χ3v) is 7.21. The smallest absolute Gasteiger partial charge is 0.350 e. The van der Waals surface area contributed by atoms with Crippen LogP contribution in [0.1, 0.15) is 27.6 Å². The maximum atomic E-state index is 13.6. The van der Waals surface area contributed by atoms with E-state index in [0.29, 0.717) is 29.0 Å². The van der Waals surface area contributed by atoms with Crippen LogP contribution in [0.15, 0.2) is 102 Å². The second-order valence-corrected chi connectivity index (χ2v) is 9.77. The first-order valence-electron chi connectivity index (χ1n) is 13.4. The fraction of sp³-hybridized carbons (Fsp3) is 0.0938. The fourth-order valence-corrected chi connectivity index (χ4v) is 5.21. The van der Waals surface area contributed by atoms with Gasteiger partial charge in [0.05, 0.1) is 22.5 Å². The lowest BCUT2D eigenvalue weighted by molar-refractivity contribution is 0.0996. The number of rotatable bonds is 7. The Morgan fingerprint density at radius 2 is 1.76 bits per heavy atom. The number of anilines is 1. The molecule has 0 bridgehead atoms. The monoisotopic (exact) mass is 557 g/mol. The van der Waals surface area contributed by atoms with E-state index in [1.807, 2.05) is 55.5 Å². The number of nitrogens with one attached hydrogen (secondary N) is 1. The summed E-state index contributed by atoms with van der Waals surface area (Å²) in [5.41, 5.74) is 11.2. The molecule has 3 heterocycles. The van der Waals surface area contributed by atoms with Crippen LogP contribution in [-0.2, 0) is 13.6 Å². The highest BCUT2D eigenvalue weighted by molar-refractivity contribution is 6.13. The Hall–Kier alpha value is -5.77. The normalized spacial score (nSPS) is 11.1. The average Bonchev–Trinajstić information content (AvgIpc) is 3.56. The minimum atomic E-state index is -0.569. The third kappa shape index (κ3) is 4.64. The number of benzene rings is 3. The van der Waals surface area contributed by atoms with Crippen LogP contribution in [0.25, 0.3) is 39.1 Å². The summed E-state index contributed by atoms with van der Waals surface area (Å²) >= 11 is 0. The van der Waals surface area contributed by atoms with Gasteiger partial charge in [-0.2, -0.15) is 5.10 Å². The SMILES string of the molecule is CCn1c(-c2ccc(-n3cnn(C)c3=O)cc2-c2ccccn2)cc2cccc(C(=O)Nc3cccc(C(N)=O)c3)c21. The summed E-state index contributed by atoms with van der Waals surface area (Å²) in [6.07, 6.45) is 3.22. The number of nitrogens with zero attached hydrogens (tertiary/aromatic N) is 5. The van der Waals surface area contributed by atoms with Crippen molar-refractivity contribution in [1.29, 1.82) is 0 Å². The van der Waals surface area contributed by atoms with Gasteiger partial charge in [0.25, 0.3) is 5.91 Å². The van der Waals surface area contributed by atoms with Crippen LogP contribution in [0.3, 0.4) is 0 Å². The summed E-state index contributed by atoms with van der Waals surface area (Å²) < 4.78 is 4.86. The van der Waals surface area contributed by atoms with Crippen LogP contribution in [0.5, 0.6) is 0 Å². The van der Waals surface area contributed by atoms with Crippen molar-refractivity contribution in [3.63, 3.8) is 0 Å². The molecule has 6 rings (SSSR count). The number of hydrogen-bond acceptors (Lipinski definition) is 5. The first kappa shape index (κ1) is 26.5. The van der Waals surface area contributed by atoms with E-state index in [2.05, 4.69) is 26.0 Å². The molecule has 0 unspecified atom stereocenters. The molecule has 3 aromatic heterocycles. The predicted octanol–water partition coefficient (Wildman–Crippen LogP) is 4.63. The molecule has 6 aromatic rings. The highest BCUT2D eigenvalue weighted by atomic mass is 16.2. The van der Waals surface area contributed by atoms with Gasteiger partial charge in [0, 0.05) is 53.2 Å². The quantitative estimate of drug-likeness (QED) is 0.296. The summed E-state index contributed by atoms with van der Waals surface area (Å²) in [6.45, 7) is 2.61. The number of aryl methyl sites for hydroxylation is 2. The average molecular weight is 558 g/mol. The highest BCUT2D eigenvalue weighted by Crippen LogP contribution is 2.37. The number of carbonyl (C=O) groups excluding carboxylic acids is 2. The van der Waals surface area contributed by atoms with Gasteiger partial charge in [-0.15, -0.1) is 0 Å². The molecule has 0 aliphatic rings. The van der Waals surface area contributed by atoms with Gasteiger partial charge in [-0.25, -0.2) is 14.0 Å². The Bertz CT molecular complexity index is 2040. The number of aromatic nitrogens is 5. The molecule has 3 N–H and O–H groups in total. The molecule has 10 nitrogen and oxygen atoms in total. The van der Waals surface area contributed by atoms with Crippen LogP contribution in [0.2, 0.25) is 0 Å². The topological polar surface area (TPSA) is 130 Å². The molecule has 0 radical (unpaired) electrons. The molecule has 0 fully saturated rings. The molecule has 208 valence electrons. The lowest BCUT2D eigenvalue weighted by Gasteiger charge is -2.15. The van der Waals surface area contributed by atoms with Crippen molar-refractivity contribution in [2.24, 2.45) is 12.8 Å². The summed E-state index contributed by atoms with van der Waals surface area (Å²) in [7, 11) is 1.61. The molecular weight excluding hydrogens is 530 g/mol. The first-order chi connectivity index (χ1) is 20.4. The fourth-order valence-electron chi connectivity index (χ4n) is 5.21. The van der Waals surface area contributed by atoms with E-state index in [1.54, 1.807) is 43.6 Å². The minimum absolute atomic E-state index is 0.255. The molecular formula is C32H27N7O3. The zero-order chi connectivity index (χ0) is 29.4. The summed E-state index contributed by atoms with van der Waals surface area (Å²) in [6, 6.07) is 25.7. The van der Waals surface area contributed by atoms with Crippen molar-refractivity contribution in [2.45, 2.75) is 13.5 Å². The van der Waals surface area contributed by atoms with Gasteiger partial charge in [0.15, 0.2) is 0 Å². The van der Waals surface area contributed by atoms with Gasteiger partial charge in [-0.3, -0.25) is 14.6 Å². The van der Waals surface area contributed by atoms with Gasteiger partial charge in [-0.1, -0.05) is 30.3 Å². The molecule has 0 saturated heterocycles. The van der Waals surface area contributed by atoms with E-state index in [9.17, 15) is 14.4 Å². The van der Waals surface area contributed by atoms with Crippen LogP contribution >= 0.6 is 0 Å². The van der Waals surface area contributed by atoms with E-state index in [1.165, 1.54) is 15.6 Å². The predicted molar refractivity (Wildman–Crippen MR) is 162 cm³/mol. The Kier molecular flexibility index (Phi) is 6.71. The summed E-state index contributed by atoms with van der Waals surface area (Å²) in [5, 5.41) is 7.89. The van der Waals surface area contributed by atoms with E-state index in [-0.39, 0.29) is 11.6 Å². The molecule has 0 saturated carbocycles. The molecule has 3 aromatic carbocycles. The third-order valence-electron chi connectivity index (χ3n) is 7.21. The zero-order valence-corrected chi connectivity index (χ0v) is 23.0. The Labute approximate surface area is 240 Å². The van der Waals surface area contributed by atoms with Crippen molar-refractivity contribution >= 4 is 28.4 Å². The second-order valence-electron chi connectivity index (χ2n) is 9.77.